The molecule has 0 bridgehead atoms. The van der Waals surface area contributed by atoms with Gasteiger partial charge >= 0.3 is 0 Å². The lowest BCUT2D eigenvalue weighted by molar-refractivity contribution is 0.102. The molecule has 28 heavy (non-hydrogen) atoms. The summed E-state index contributed by atoms with van der Waals surface area (Å²) >= 11 is 6.48. The summed E-state index contributed by atoms with van der Waals surface area (Å²) in [7, 11) is 0. The third-order valence-corrected chi connectivity index (χ3v) is 5.43. The minimum Gasteiger partial charge on any atom is -0.372 e. The van der Waals surface area contributed by atoms with Crippen LogP contribution in [0.25, 0.3) is 5.69 Å². The lowest BCUT2D eigenvalue weighted by Crippen LogP contribution is -2.29. The molecule has 4 rings (SSSR count). The molecule has 0 atom stereocenters. The Morgan fingerprint density at radius 1 is 0.964 bits per heavy atom. The van der Waals surface area contributed by atoms with Gasteiger partial charge in [0.05, 0.1) is 11.4 Å². The molecule has 0 saturated carbocycles. The SMILES string of the molecule is Cc1nn(-c2ccccc2)c(Cl)c1C(=O)Nc1ccc(N2CCCCC2)cc1. The number of hydrogen-bond acceptors (Lipinski definition) is 3. The molecule has 144 valence electrons. The lowest BCUT2D eigenvalue weighted by atomic mass is 10.1. The highest BCUT2D eigenvalue weighted by Crippen LogP contribution is 2.26. The van der Waals surface area contributed by atoms with Crippen LogP contribution in [0.5, 0.6) is 0 Å². The summed E-state index contributed by atoms with van der Waals surface area (Å²) in [5, 5.41) is 7.69. The molecule has 0 spiro atoms. The second-order valence-electron chi connectivity index (χ2n) is 7.05. The number of halogens is 1. The van der Waals surface area contributed by atoms with E-state index in [1.807, 2.05) is 42.5 Å². The number of amides is 1. The normalized spacial score (nSPS) is 14.1. The maximum Gasteiger partial charge on any atom is 0.260 e. The van der Waals surface area contributed by atoms with Gasteiger partial charge in [0.1, 0.15) is 10.7 Å². The van der Waals surface area contributed by atoms with E-state index >= 15 is 0 Å². The van der Waals surface area contributed by atoms with E-state index in [1.165, 1.54) is 24.9 Å². The number of para-hydroxylation sites is 1. The quantitative estimate of drug-likeness (QED) is 0.671. The van der Waals surface area contributed by atoms with Gasteiger partial charge in [0, 0.05) is 24.5 Å². The molecule has 2 aromatic carbocycles. The number of hydrogen-bond donors (Lipinski definition) is 1. The Morgan fingerprint density at radius 2 is 1.64 bits per heavy atom. The number of nitrogens with zero attached hydrogens (tertiary/aromatic N) is 3. The molecule has 1 N–H and O–H groups in total. The van der Waals surface area contributed by atoms with E-state index in [0.717, 1.165) is 24.5 Å². The minimum absolute atomic E-state index is 0.254. The highest BCUT2D eigenvalue weighted by Gasteiger charge is 2.21. The van der Waals surface area contributed by atoms with Gasteiger partial charge in [-0.3, -0.25) is 4.79 Å². The van der Waals surface area contributed by atoms with Crippen molar-refractivity contribution >= 4 is 28.9 Å². The van der Waals surface area contributed by atoms with Crippen molar-refractivity contribution in [3.05, 3.63) is 71.0 Å². The van der Waals surface area contributed by atoms with E-state index in [2.05, 4.69) is 27.4 Å². The number of aryl methyl sites for hydroxylation is 1. The van der Waals surface area contributed by atoms with Gasteiger partial charge in [-0.1, -0.05) is 29.8 Å². The zero-order valence-electron chi connectivity index (χ0n) is 15.9. The third-order valence-electron chi connectivity index (χ3n) is 5.08. The maximum absolute atomic E-state index is 12.8. The number of piperidine rings is 1. The zero-order valence-corrected chi connectivity index (χ0v) is 16.6. The number of nitrogens with one attached hydrogen (secondary N) is 1. The average Bonchev–Trinajstić information content (AvgIpc) is 3.04. The molecule has 1 aliphatic heterocycles. The van der Waals surface area contributed by atoms with Crippen LogP contribution in [0.15, 0.2) is 54.6 Å². The number of carbonyl (C=O) groups excluding carboxylic acids is 1. The molecule has 1 aromatic heterocycles. The third kappa shape index (κ3) is 3.76. The molecule has 1 saturated heterocycles. The maximum atomic E-state index is 12.8. The van der Waals surface area contributed by atoms with Crippen molar-refractivity contribution in [3.8, 4) is 5.69 Å². The Morgan fingerprint density at radius 3 is 2.32 bits per heavy atom. The largest absolute Gasteiger partial charge is 0.372 e. The van der Waals surface area contributed by atoms with E-state index in [1.54, 1.807) is 11.6 Å². The summed E-state index contributed by atoms with van der Waals surface area (Å²) in [6, 6.07) is 17.5. The van der Waals surface area contributed by atoms with E-state index in [-0.39, 0.29) is 5.91 Å². The van der Waals surface area contributed by atoms with E-state index < -0.39 is 0 Å². The molecule has 1 aliphatic rings. The van der Waals surface area contributed by atoms with Crippen LogP contribution in [-0.2, 0) is 0 Å². The minimum atomic E-state index is -0.254. The molecule has 1 amide bonds. The van der Waals surface area contributed by atoms with Crippen LogP contribution < -0.4 is 10.2 Å². The monoisotopic (exact) mass is 394 g/mol. The first-order chi connectivity index (χ1) is 13.6. The first-order valence-corrected chi connectivity index (χ1v) is 9.98. The van der Waals surface area contributed by atoms with Crippen molar-refractivity contribution < 1.29 is 4.79 Å². The summed E-state index contributed by atoms with van der Waals surface area (Å²) in [6.07, 6.45) is 3.78. The molecule has 0 aliphatic carbocycles. The first kappa shape index (κ1) is 18.6. The van der Waals surface area contributed by atoms with Crippen molar-refractivity contribution in [1.29, 1.82) is 0 Å². The molecule has 5 nitrogen and oxygen atoms in total. The molecule has 6 heteroatoms. The second kappa shape index (κ2) is 8.07. The van der Waals surface area contributed by atoms with Crippen molar-refractivity contribution in [1.82, 2.24) is 9.78 Å². The van der Waals surface area contributed by atoms with Crippen LogP contribution in [0.1, 0.15) is 35.3 Å². The molecule has 3 aromatic rings. The lowest BCUT2D eigenvalue weighted by Gasteiger charge is -2.28. The van der Waals surface area contributed by atoms with Crippen molar-refractivity contribution in [2.24, 2.45) is 0 Å². The number of rotatable bonds is 4. The highest BCUT2D eigenvalue weighted by atomic mass is 35.5. The Hall–Kier alpha value is -2.79. The predicted octanol–water partition coefficient (Wildman–Crippen LogP) is 5.08. The fourth-order valence-corrected chi connectivity index (χ4v) is 3.96. The van der Waals surface area contributed by atoms with Crippen molar-refractivity contribution in [2.45, 2.75) is 26.2 Å². The van der Waals surface area contributed by atoms with Gasteiger partial charge < -0.3 is 10.2 Å². The first-order valence-electron chi connectivity index (χ1n) is 9.60. The Balaban J connectivity index is 1.52. The van der Waals surface area contributed by atoms with Gasteiger partial charge in [-0.25, -0.2) is 4.68 Å². The number of benzene rings is 2. The highest BCUT2D eigenvalue weighted by molar-refractivity contribution is 6.34. The van der Waals surface area contributed by atoms with Crippen molar-refractivity contribution in [3.63, 3.8) is 0 Å². The molecule has 1 fully saturated rings. The summed E-state index contributed by atoms with van der Waals surface area (Å²) in [6.45, 7) is 3.98. The average molecular weight is 395 g/mol. The summed E-state index contributed by atoms with van der Waals surface area (Å²) < 4.78 is 1.59. The summed E-state index contributed by atoms with van der Waals surface area (Å²) in [4.78, 5) is 15.2. The summed E-state index contributed by atoms with van der Waals surface area (Å²) in [5.74, 6) is -0.254. The van der Waals surface area contributed by atoms with Crippen LogP contribution in [0.2, 0.25) is 5.15 Å². The molecule has 0 radical (unpaired) electrons. The number of aromatic nitrogens is 2. The predicted molar refractivity (Wildman–Crippen MR) is 114 cm³/mol. The summed E-state index contributed by atoms with van der Waals surface area (Å²) in [5.41, 5.74) is 3.75. The van der Waals surface area contributed by atoms with Gasteiger partial charge in [-0.2, -0.15) is 5.10 Å². The topological polar surface area (TPSA) is 50.2 Å². The Bertz CT molecular complexity index is 960. The molecular weight excluding hydrogens is 372 g/mol. The van der Waals surface area contributed by atoms with E-state index in [4.69, 9.17) is 11.6 Å². The van der Waals surface area contributed by atoms with Gasteiger partial charge in [0.2, 0.25) is 0 Å². The van der Waals surface area contributed by atoms with Crippen LogP contribution in [-0.4, -0.2) is 28.8 Å². The van der Waals surface area contributed by atoms with Gasteiger partial charge in [0.15, 0.2) is 0 Å². The van der Waals surface area contributed by atoms with Crippen LogP contribution in [0, 0.1) is 6.92 Å². The second-order valence-corrected chi connectivity index (χ2v) is 7.41. The van der Waals surface area contributed by atoms with Crippen LogP contribution >= 0.6 is 11.6 Å². The molecule has 2 heterocycles. The Labute approximate surface area is 169 Å². The Kier molecular flexibility index (Phi) is 5.35. The fraction of sp³-hybridized carbons (Fsp3) is 0.273. The van der Waals surface area contributed by atoms with E-state index in [9.17, 15) is 4.79 Å². The smallest absolute Gasteiger partial charge is 0.260 e. The zero-order chi connectivity index (χ0) is 19.5. The fourth-order valence-electron chi connectivity index (χ4n) is 3.60. The van der Waals surface area contributed by atoms with Crippen LogP contribution in [0.4, 0.5) is 11.4 Å². The van der Waals surface area contributed by atoms with Gasteiger partial charge in [0.25, 0.3) is 5.91 Å². The number of carbonyl (C=O) groups is 1. The van der Waals surface area contributed by atoms with Gasteiger partial charge in [-0.15, -0.1) is 0 Å². The molecule has 0 unspecified atom stereocenters. The van der Waals surface area contributed by atoms with Gasteiger partial charge in [-0.05, 0) is 62.6 Å². The molecular formula is C22H23ClN4O. The standard InChI is InChI=1S/C22H23ClN4O/c1-16-20(21(23)27(25-16)19-8-4-2-5-9-19)22(28)24-17-10-12-18(13-11-17)26-14-6-3-7-15-26/h2,4-5,8-13H,3,6-7,14-15H2,1H3,(H,24,28). The van der Waals surface area contributed by atoms with E-state index in [0.29, 0.717) is 16.4 Å². The van der Waals surface area contributed by atoms with Crippen LogP contribution in [0.3, 0.4) is 0 Å². The number of anilines is 2. The van der Waals surface area contributed by atoms with Crippen molar-refractivity contribution in [2.75, 3.05) is 23.3 Å².